The minimum Gasteiger partial charge on any atom is -0.493 e. The van der Waals surface area contributed by atoms with Gasteiger partial charge in [-0.25, -0.2) is 4.79 Å². The quantitative estimate of drug-likeness (QED) is 0.266. The van der Waals surface area contributed by atoms with E-state index in [4.69, 9.17) is 25.8 Å². The third-order valence-corrected chi connectivity index (χ3v) is 7.42. The number of rotatable bonds is 10. The van der Waals surface area contributed by atoms with E-state index < -0.39 is 0 Å². The first-order valence-corrected chi connectivity index (χ1v) is 14.3. The molecule has 1 aliphatic rings. The highest BCUT2D eigenvalue weighted by Crippen LogP contribution is 2.38. The van der Waals surface area contributed by atoms with Crippen LogP contribution in [0.3, 0.4) is 0 Å². The summed E-state index contributed by atoms with van der Waals surface area (Å²) < 4.78 is 18.0. The number of pyridine rings is 1. The highest BCUT2D eigenvalue weighted by molar-refractivity contribution is 6.33. The first-order valence-electron chi connectivity index (χ1n) is 14.0. The Kier molecular flexibility index (Phi) is 9.98. The molecule has 0 saturated carbocycles. The molecule has 2 heterocycles. The molecule has 1 aromatic heterocycles. The van der Waals surface area contributed by atoms with E-state index in [0.717, 1.165) is 42.9 Å². The van der Waals surface area contributed by atoms with E-state index in [1.165, 1.54) is 12.8 Å². The number of urea groups is 1. The van der Waals surface area contributed by atoms with E-state index in [1.54, 1.807) is 37.6 Å². The van der Waals surface area contributed by atoms with E-state index in [0.29, 0.717) is 46.9 Å². The van der Waals surface area contributed by atoms with Gasteiger partial charge in [0.15, 0.2) is 11.5 Å². The zero-order valence-electron chi connectivity index (χ0n) is 24.2. The number of hydrogen-bond donors (Lipinski definition) is 2. The molecule has 2 aromatic carbocycles. The Hall–Kier alpha value is -3.23. The van der Waals surface area contributed by atoms with Gasteiger partial charge in [0.1, 0.15) is 18.1 Å². The Bertz CT molecular complexity index is 1300. The second kappa shape index (κ2) is 13.4. The average Bonchev–Trinajstić information content (AvgIpc) is 2.90. The van der Waals surface area contributed by atoms with Crippen LogP contribution in [-0.2, 0) is 0 Å². The predicted octanol–water partition coefficient (Wildman–Crippen LogP) is 7.36. The third kappa shape index (κ3) is 8.38. The third-order valence-electron chi connectivity index (χ3n) is 7.11. The molecule has 1 aliphatic heterocycles. The molecule has 0 bridgehead atoms. The smallest absolute Gasteiger partial charge is 0.319 e. The average molecular weight is 569 g/mol. The van der Waals surface area contributed by atoms with Gasteiger partial charge in [-0.1, -0.05) is 39.3 Å². The van der Waals surface area contributed by atoms with Crippen LogP contribution in [0.1, 0.15) is 47.0 Å². The molecule has 2 amide bonds. The molecule has 0 unspecified atom stereocenters. The first-order chi connectivity index (χ1) is 19.1. The second-order valence-electron chi connectivity index (χ2n) is 11.6. The fraction of sp³-hybridized carbons (Fsp3) is 0.484. The van der Waals surface area contributed by atoms with Crippen LogP contribution in [0.5, 0.6) is 23.0 Å². The Balaban J connectivity index is 1.41. The van der Waals surface area contributed by atoms with E-state index >= 15 is 0 Å². The summed E-state index contributed by atoms with van der Waals surface area (Å²) in [4.78, 5) is 19.2. The number of carbonyl (C=O) groups excluding carboxylic acids is 1. The fourth-order valence-corrected chi connectivity index (χ4v) is 4.78. The minimum absolute atomic E-state index is 0.144. The summed E-state index contributed by atoms with van der Waals surface area (Å²) in [5, 5.41) is 6.82. The van der Waals surface area contributed by atoms with Crippen molar-refractivity contribution in [2.75, 3.05) is 45.2 Å². The molecule has 0 aliphatic carbocycles. The van der Waals surface area contributed by atoms with Crippen LogP contribution in [-0.4, -0.2) is 55.8 Å². The molecular formula is C31H41ClN4O4. The topological polar surface area (TPSA) is 85.0 Å². The number of amides is 2. The number of fused-ring (bicyclic) bond motifs is 1. The summed E-state index contributed by atoms with van der Waals surface area (Å²) >= 11 is 6.47. The zero-order chi connectivity index (χ0) is 28.7. The van der Waals surface area contributed by atoms with Gasteiger partial charge in [0.2, 0.25) is 0 Å². The molecule has 40 heavy (non-hydrogen) atoms. The minimum atomic E-state index is -0.296. The zero-order valence-corrected chi connectivity index (χ0v) is 24.9. The summed E-state index contributed by atoms with van der Waals surface area (Å²) in [6.45, 7) is 13.0. The summed E-state index contributed by atoms with van der Waals surface area (Å²) in [5.74, 6) is 3.22. The van der Waals surface area contributed by atoms with Crippen molar-refractivity contribution in [1.29, 1.82) is 0 Å². The van der Waals surface area contributed by atoms with Gasteiger partial charge in [0.05, 0.1) is 23.3 Å². The van der Waals surface area contributed by atoms with Gasteiger partial charge in [-0.15, -0.1) is 0 Å². The number of methoxy groups -OCH3 is 1. The predicted molar refractivity (Wildman–Crippen MR) is 161 cm³/mol. The number of benzene rings is 2. The molecule has 8 nitrogen and oxygen atoms in total. The molecular weight excluding hydrogens is 528 g/mol. The van der Waals surface area contributed by atoms with E-state index in [-0.39, 0.29) is 11.4 Å². The Morgan fingerprint density at radius 2 is 1.88 bits per heavy atom. The molecule has 216 valence electrons. The lowest BCUT2D eigenvalue weighted by Crippen LogP contribution is -2.35. The van der Waals surface area contributed by atoms with E-state index in [1.807, 2.05) is 12.1 Å². The van der Waals surface area contributed by atoms with Gasteiger partial charge >= 0.3 is 6.03 Å². The Labute approximate surface area is 242 Å². The van der Waals surface area contributed by atoms with Gasteiger partial charge in [0, 0.05) is 36.8 Å². The number of likely N-dealkylation sites (tertiary alicyclic amines) is 1. The van der Waals surface area contributed by atoms with Gasteiger partial charge in [-0.05, 0) is 68.0 Å². The number of ether oxygens (including phenoxy) is 3. The molecule has 0 radical (unpaired) electrons. The van der Waals surface area contributed by atoms with Gasteiger partial charge in [0.25, 0.3) is 0 Å². The fourth-order valence-electron chi connectivity index (χ4n) is 4.57. The normalized spacial score (nSPS) is 14.7. The van der Waals surface area contributed by atoms with Crippen molar-refractivity contribution >= 4 is 34.2 Å². The summed E-state index contributed by atoms with van der Waals surface area (Å²) in [7, 11) is 1.63. The lowest BCUT2D eigenvalue weighted by Gasteiger charge is -2.30. The maximum atomic E-state index is 12.3. The molecule has 0 spiro atoms. The monoisotopic (exact) mass is 568 g/mol. The molecule has 4 rings (SSSR count). The summed E-state index contributed by atoms with van der Waals surface area (Å²) in [5.41, 5.74) is 1.38. The number of anilines is 1. The number of nitrogens with zero attached hydrogens (tertiary/aromatic N) is 2. The second-order valence-corrected chi connectivity index (χ2v) is 12.0. The summed E-state index contributed by atoms with van der Waals surface area (Å²) in [6, 6.07) is 10.4. The van der Waals surface area contributed by atoms with Crippen LogP contribution in [0.15, 0.2) is 42.6 Å². The number of halogens is 1. The highest BCUT2D eigenvalue weighted by atomic mass is 35.5. The molecule has 1 saturated heterocycles. The summed E-state index contributed by atoms with van der Waals surface area (Å²) in [6.07, 6.45) is 5.05. The van der Waals surface area contributed by atoms with Crippen LogP contribution in [0.2, 0.25) is 5.02 Å². The largest absolute Gasteiger partial charge is 0.493 e. The van der Waals surface area contributed by atoms with Crippen LogP contribution in [0.25, 0.3) is 10.9 Å². The maximum Gasteiger partial charge on any atom is 0.319 e. The van der Waals surface area contributed by atoms with E-state index in [9.17, 15) is 4.79 Å². The standard InChI is InChI=1S/C31H41ClN4O4/c1-21-9-14-36(15-10-21)16-17-39-29-20-26-23(19-28(29)38-5)27(8-12-33-26)40-22-6-7-25(24(32)18-22)35-30(37)34-13-11-31(2,3)4/h6-8,12,18-21H,9-11,13-17H2,1-5H3,(H2,34,35,37). The lowest BCUT2D eigenvalue weighted by molar-refractivity contribution is 0.159. The number of piperidine rings is 1. The highest BCUT2D eigenvalue weighted by Gasteiger charge is 2.17. The Morgan fingerprint density at radius 3 is 2.58 bits per heavy atom. The van der Waals surface area contributed by atoms with Crippen LogP contribution >= 0.6 is 11.6 Å². The van der Waals surface area contributed by atoms with E-state index in [2.05, 4.69) is 48.2 Å². The molecule has 1 fully saturated rings. The number of aromatic nitrogens is 1. The van der Waals surface area contributed by atoms with Gasteiger partial charge in [-0.2, -0.15) is 0 Å². The van der Waals surface area contributed by atoms with Crippen LogP contribution in [0, 0.1) is 11.3 Å². The number of hydrogen-bond acceptors (Lipinski definition) is 6. The van der Waals surface area contributed by atoms with Gasteiger partial charge in [-0.3, -0.25) is 9.88 Å². The molecule has 2 N–H and O–H groups in total. The van der Waals surface area contributed by atoms with Crippen molar-refractivity contribution in [2.24, 2.45) is 11.3 Å². The van der Waals surface area contributed by atoms with Crippen molar-refractivity contribution < 1.29 is 19.0 Å². The van der Waals surface area contributed by atoms with Crippen molar-refractivity contribution in [3.8, 4) is 23.0 Å². The molecule has 9 heteroatoms. The Morgan fingerprint density at radius 1 is 1.10 bits per heavy atom. The van der Waals surface area contributed by atoms with Crippen molar-refractivity contribution in [3.05, 3.63) is 47.6 Å². The number of nitrogens with one attached hydrogen (secondary N) is 2. The van der Waals surface area contributed by atoms with Gasteiger partial charge < -0.3 is 24.8 Å². The number of carbonyl (C=O) groups is 1. The van der Waals surface area contributed by atoms with Crippen LogP contribution < -0.4 is 24.8 Å². The molecule has 0 atom stereocenters. The van der Waals surface area contributed by atoms with Crippen molar-refractivity contribution in [1.82, 2.24) is 15.2 Å². The first kappa shape index (κ1) is 29.7. The van der Waals surface area contributed by atoms with Crippen LogP contribution in [0.4, 0.5) is 10.5 Å². The van der Waals surface area contributed by atoms with Crippen molar-refractivity contribution in [2.45, 2.75) is 47.0 Å². The maximum absolute atomic E-state index is 12.3. The SMILES string of the molecule is COc1cc2c(Oc3ccc(NC(=O)NCCC(C)(C)C)c(Cl)c3)ccnc2cc1OCCN1CCC(C)CC1. The van der Waals surface area contributed by atoms with Crippen molar-refractivity contribution in [3.63, 3.8) is 0 Å². The molecule has 3 aromatic rings. The lowest BCUT2D eigenvalue weighted by atomic mass is 9.92.